The van der Waals surface area contributed by atoms with Crippen molar-refractivity contribution >= 4 is 33.5 Å². The van der Waals surface area contributed by atoms with Gasteiger partial charge >= 0.3 is 6.09 Å². The van der Waals surface area contributed by atoms with Gasteiger partial charge < -0.3 is 10.4 Å². The van der Waals surface area contributed by atoms with Crippen LogP contribution in [0.4, 0.5) is 4.79 Å². The third kappa shape index (κ3) is 5.86. The average molecular weight is 360 g/mol. The number of pyridine rings is 1. The van der Waals surface area contributed by atoms with E-state index in [4.69, 9.17) is 16.7 Å². The molecule has 0 saturated heterocycles. The van der Waals surface area contributed by atoms with Gasteiger partial charge in [-0.1, -0.05) is 17.5 Å². The number of nitrogens with one attached hydrogen (secondary N) is 1. The lowest BCUT2D eigenvalue weighted by Gasteiger charge is -2.20. The van der Waals surface area contributed by atoms with Crippen LogP contribution < -0.4 is 5.32 Å². The Morgan fingerprint density at radius 3 is 2.65 bits per heavy atom. The Bertz CT molecular complexity index is 737. The van der Waals surface area contributed by atoms with Crippen LogP contribution in [0.25, 0.3) is 0 Å². The highest BCUT2D eigenvalue weighted by Gasteiger charge is 2.26. The fourth-order valence-electron chi connectivity index (χ4n) is 1.57. The fourth-order valence-corrected chi connectivity index (χ4v) is 3.03. The van der Waals surface area contributed by atoms with Crippen molar-refractivity contribution in [3.8, 4) is 11.8 Å². The number of carbonyl (C=O) groups is 2. The Kier molecular flexibility index (Phi) is 6.96. The number of carboxylic acid groups (broad SMARTS) is 1. The van der Waals surface area contributed by atoms with Crippen molar-refractivity contribution in [1.29, 1.82) is 0 Å². The average Bonchev–Trinajstić information content (AvgIpc) is 2.46. The molecular formula is C13H14ClN3O5S. The highest BCUT2D eigenvalue weighted by molar-refractivity contribution is 7.89. The van der Waals surface area contributed by atoms with Crippen LogP contribution in [0.15, 0.2) is 23.2 Å². The summed E-state index contributed by atoms with van der Waals surface area (Å²) in [7, 11) is -4.04. The van der Waals surface area contributed by atoms with Gasteiger partial charge in [0.05, 0.1) is 6.54 Å². The molecule has 0 aliphatic heterocycles. The quantitative estimate of drug-likeness (QED) is 0.418. The van der Waals surface area contributed by atoms with Crippen molar-refractivity contribution in [1.82, 2.24) is 14.6 Å². The summed E-state index contributed by atoms with van der Waals surface area (Å²) in [4.78, 5) is 25.6. The van der Waals surface area contributed by atoms with Crippen LogP contribution in [0.2, 0.25) is 5.15 Å². The predicted molar refractivity (Wildman–Crippen MR) is 82.5 cm³/mol. The number of hydrogen-bond donors (Lipinski definition) is 2. The third-order valence-corrected chi connectivity index (χ3v) is 4.61. The Morgan fingerprint density at radius 2 is 2.13 bits per heavy atom. The summed E-state index contributed by atoms with van der Waals surface area (Å²) in [6, 6.07) is 2.55. The molecule has 1 heterocycles. The van der Waals surface area contributed by atoms with Gasteiger partial charge in [-0.3, -0.25) is 4.79 Å². The maximum Gasteiger partial charge on any atom is 0.404 e. The van der Waals surface area contributed by atoms with Crippen molar-refractivity contribution in [3.05, 3.63) is 23.5 Å². The summed E-state index contributed by atoms with van der Waals surface area (Å²) in [5.74, 6) is 4.02. The first-order valence-electron chi connectivity index (χ1n) is 6.31. The van der Waals surface area contributed by atoms with Crippen molar-refractivity contribution in [2.75, 3.05) is 19.6 Å². The molecule has 0 fully saturated rings. The van der Waals surface area contributed by atoms with Crippen molar-refractivity contribution in [2.24, 2.45) is 0 Å². The lowest BCUT2D eigenvalue weighted by molar-refractivity contribution is -0.114. The van der Waals surface area contributed by atoms with Crippen molar-refractivity contribution < 1.29 is 23.1 Å². The molecule has 10 heteroatoms. The Hall–Kier alpha value is -2.15. The number of hydrogen-bond acceptors (Lipinski definition) is 5. The molecule has 0 spiro atoms. The van der Waals surface area contributed by atoms with E-state index >= 15 is 0 Å². The molecule has 124 valence electrons. The second kappa shape index (κ2) is 8.47. The molecule has 1 rings (SSSR count). The molecule has 8 nitrogen and oxygen atoms in total. The smallest absolute Gasteiger partial charge is 0.404 e. The molecule has 0 aliphatic carbocycles. The van der Waals surface area contributed by atoms with Crippen LogP contribution in [0.5, 0.6) is 0 Å². The van der Waals surface area contributed by atoms with Gasteiger partial charge in [0.15, 0.2) is 0 Å². The summed E-state index contributed by atoms with van der Waals surface area (Å²) in [6.07, 6.45) is -0.235. The molecule has 0 saturated carbocycles. The zero-order valence-electron chi connectivity index (χ0n) is 12.1. The van der Waals surface area contributed by atoms with Gasteiger partial charge in [0, 0.05) is 19.3 Å². The monoisotopic (exact) mass is 359 g/mol. The van der Waals surface area contributed by atoms with E-state index in [-0.39, 0.29) is 23.1 Å². The minimum Gasteiger partial charge on any atom is -0.465 e. The first-order chi connectivity index (χ1) is 10.8. The number of aromatic nitrogens is 1. The van der Waals surface area contributed by atoms with Crippen molar-refractivity contribution in [2.45, 2.75) is 11.8 Å². The lowest BCUT2D eigenvalue weighted by Crippen LogP contribution is -2.40. The minimum atomic E-state index is -4.04. The lowest BCUT2D eigenvalue weighted by atomic mass is 10.4. The zero-order chi connectivity index (χ0) is 17.5. The minimum absolute atomic E-state index is 0.121. The number of carbonyl (C=O) groups excluding carboxylic acids is 1. The summed E-state index contributed by atoms with van der Waals surface area (Å²) >= 11 is 5.62. The Balaban J connectivity index is 3.03. The second-order valence-electron chi connectivity index (χ2n) is 4.19. The number of amides is 1. The predicted octanol–water partition coefficient (Wildman–Crippen LogP) is 0.586. The highest BCUT2D eigenvalue weighted by atomic mass is 35.5. The Labute approximate surface area is 138 Å². The van der Waals surface area contributed by atoms with Gasteiger partial charge in [0.2, 0.25) is 15.8 Å². The first kappa shape index (κ1) is 18.9. The van der Waals surface area contributed by atoms with Gasteiger partial charge in [0.1, 0.15) is 10.0 Å². The summed E-state index contributed by atoms with van der Waals surface area (Å²) in [6.45, 7) is 0.551. The molecule has 1 amide bonds. The standard InChI is InChI=1S/C13H14ClN3O5S/c1-2-3-10(18)9-17(7-6-15-13(19)20)23(21,22)11-4-5-12(14)16-8-11/h4-5,8,15H,6-7,9H2,1H3,(H,19,20). The second-order valence-corrected chi connectivity index (χ2v) is 6.51. The number of nitrogens with zero attached hydrogens (tertiary/aromatic N) is 2. The molecule has 0 bridgehead atoms. The number of ketones is 1. The van der Waals surface area contributed by atoms with E-state index in [9.17, 15) is 18.0 Å². The van der Waals surface area contributed by atoms with E-state index in [1.807, 2.05) is 5.32 Å². The van der Waals surface area contributed by atoms with Crippen LogP contribution in [0.3, 0.4) is 0 Å². The molecular weight excluding hydrogens is 346 g/mol. The number of Topliss-reactive ketones (excluding diaryl/α,β-unsaturated/α-hetero) is 1. The van der Waals surface area contributed by atoms with Gasteiger partial charge in [-0.05, 0) is 25.0 Å². The maximum absolute atomic E-state index is 12.5. The molecule has 0 atom stereocenters. The molecule has 0 unspecified atom stereocenters. The maximum atomic E-state index is 12.5. The number of rotatable bonds is 7. The molecule has 0 aliphatic rings. The normalized spacial score (nSPS) is 10.7. The van der Waals surface area contributed by atoms with E-state index < -0.39 is 28.4 Å². The van der Waals surface area contributed by atoms with Gasteiger partial charge in [0.25, 0.3) is 0 Å². The van der Waals surface area contributed by atoms with E-state index in [1.165, 1.54) is 19.1 Å². The van der Waals surface area contributed by atoms with Crippen LogP contribution in [-0.4, -0.2) is 54.3 Å². The van der Waals surface area contributed by atoms with E-state index in [1.54, 1.807) is 0 Å². The molecule has 0 aromatic carbocycles. The number of sulfonamides is 1. The van der Waals surface area contributed by atoms with Gasteiger partial charge in [-0.15, -0.1) is 0 Å². The van der Waals surface area contributed by atoms with E-state index in [0.29, 0.717) is 0 Å². The van der Waals surface area contributed by atoms with E-state index in [2.05, 4.69) is 16.8 Å². The largest absolute Gasteiger partial charge is 0.465 e. The van der Waals surface area contributed by atoms with Crippen LogP contribution in [0, 0.1) is 11.8 Å². The molecule has 1 aromatic rings. The van der Waals surface area contributed by atoms with E-state index in [0.717, 1.165) is 10.5 Å². The highest BCUT2D eigenvalue weighted by Crippen LogP contribution is 2.16. The van der Waals surface area contributed by atoms with Gasteiger partial charge in [-0.2, -0.15) is 4.31 Å². The summed E-state index contributed by atoms with van der Waals surface area (Å²) in [5.41, 5.74) is 0. The molecule has 2 N–H and O–H groups in total. The SMILES string of the molecule is CC#CC(=O)CN(CCNC(=O)O)S(=O)(=O)c1ccc(Cl)nc1. The van der Waals surface area contributed by atoms with Crippen LogP contribution in [-0.2, 0) is 14.8 Å². The van der Waals surface area contributed by atoms with Crippen LogP contribution >= 0.6 is 11.6 Å². The topological polar surface area (TPSA) is 117 Å². The summed E-state index contributed by atoms with van der Waals surface area (Å²) in [5, 5.41) is 10.7. The molecule has 0 radical (unpaired) electrons. The summed E-state index contributed by atoms with van der Waals surface area (Å²) < 4.78 is 25.9. The van der Waals surface area contributed by atoms with Gasteiger partial charge in [-0.25, -0.2) is 18.2 Å². The zero-order valence-corrected chi connectivity index (χ0v) is 13.7. The molecule has 1 aromatic heterocycles. The van der Waals surface area contributed by atoms with Crippen molar-refractivity contribution in [3.63, 3.8) is 0 Å². The Morgan fingerprint density at radius 1 is 1.43 bits per heavy atom. The number of halogens is 1. The fraction of sp³-hybridized carbons (Fsp3) is 0.308. The third-order valence-electron chi connectivity index (χ3n) is 2.56. The first-order valence-corrected chi connectivity index (χ1v) is 8.13. The van der Waals surface area contributed by atoms with Crippen LogP contribution in [0.1, 0.15) is 6.92 Å². The molecule has 23 heavy (non-hydrogen) atoms.